The molecule has 1 fully saturated rings. The Kier molecular flexibility index (Phi) is 6.46. The molecule has 116 valence electrons. The van der Waals surface area contributed by atoms with Crippen LogP contribution in [0.2, 0.25) is 0 Å². The fourth-order valence-corrected chi connectivity index (χ4v) is 3.49. The van der Waals surface area contributed by atoms with Crippen LogP contribution >= 0.6 is 15.9 Å². The lowest BCUT2D eigenvalue weighted by atomic mass is 10.0. The molecule has 0 aromatic heterocycles. The lowest BCUT2D eigenvalue weighted by molar-refractivity contribution is 0.208. The van der Waals surface area contributed by atoms with Crippen LogP contribution in [0.5, 0.6) is 0 Å². The zero-order valence-corrected chi connectivity index (χ0v) is 15.0. The molecule has 1 aromatic rings. The Morgan fingerprint density at radius 3 is 2.62 bits per heavy atom. The van der Waals surface area contributed by atoms with Crippen LogP contribution in [0.3, 0.4) is 0 Å². The Bertz CT molecular complexity index is 472. The average Bonchev–Trinajstić information content (AvgIpc) is 2.47. The number of piperidine rings is 1. The smallest absolute Gasteiger partial charge is 0.0305 e. The van der Waals surface area contributed by atoms with E-state index in [9.17, 15) is 0 Å². The molecule has 1 atom stereocenters. The summed E-state index contributed by atoms with van der Waals surface area (Å²) < 4.78 is 1.20. The molecule has 0 radical (unpaired) electrons. The van der Waals surface area contributed by atoms with Gasteiger partial charge in [-0.25, -0.2) is 0 Å². The Morgan fingerprint density at radius 1 is 1.33 bits per heavy atom. The van der Waals surface area contributed by atoms with E-state index in [-0.39, 0.29) is 0 Å². The summed E-state index contributed by atoms with van der Waals surface area (Å²) in [6, 6.07) is 9.54. The van der Waals surface area contributed by atoms with Crippen LogP contribution < -0.4 is 5.32 Å². The van der Waals surface area contributed by atoms with E-state index in [2.05, 4.69) is 77.3 Å². The molecule has 0 bridgehead atoms. The molecule has 1 aromatic carbocycles. The molecule has 0 saturated carbocycles. The lowest BCUT2D eigenvalue weighted by Crippen LogP contribution is -2.43. The van der Waals surface area contributed by atoms with E-state index in [0.717, 1.165) is 6.54 Å². The minimum Gasteiger partial charge on any atom is -0.307 e. The average molecular weight is 351 g/mol. The molecule has 1 saturated heterocycles. The molecule has 3 heteroatoms. The van der Waals surface area contributed by atoms with Gasteiger partial charge in [0, 0.05) is 23.1 Å². The van der Waals surface area contributed by atoms with E-state index in [1.807, 2.05) is 0 Å². The van der Waals surface area contributed by atoms with Gasteiger partial charge in [-0.2, -0.15) is 0 Å². The third-order valence-corrected chi connectivity index (χ3v) is 4.92. The molecule has 1 unspecified atom stereocenters. The van der Waals surface area contributed by atoms with Crippen molar-refractivity contribution >= 4 is 15.9 Å². The molecule has 2 rings (SSSR count). The van der Waals surface area contributed by atoms with Gasteiger partial charge in [0.05, 0.1) is 0 Å². The molecule has 0 aliphatic carbocycles. The van der Waals surface area contributed by atoms with Crippen molar-refractivity contribution in [3.8, 4) is 0 Å². The Labute approximate surface area is 137 Å². The number of nitrogens with zero attached hydrogens (tertiary/aromatic N) is 1. The van der Waals surface area contributed by atoms with Gasteiger partial charge in [-0.1, -0.05) is 45.8 Å². The number of likely N-dealkylation sites (tertiary alicyclic amines) is 1. The SMILES string of the molecule is CC(C)=CCN1CCC(NC(C)c2ccccc2Br)CC1. The molecule has 0 spiro atoms. The molecule has 21 heavy (non-hydrogen) atoms. The van der Waals surface area contributed by atoms with Gasteiger partial charge in [0.15, 0.2) is 0 Å². The summed E-state index contributed by atoms with van der Waals surface area (Å²) >= 11 is 3.65. The second-order valence-electron chi connectivity index (χ2n) is 6.27. The topological polar surface area (TPSA) is 15.3 Å². The Hall–Kier alpha value is -0.640. The predicted octanol–water partition coefficient (Wildman–Crippen LogP) is 4.53. The van der Waals surface area contributed by atoms with E-state index in [4.69, 9.17) is 0 Å². The summed E-state index contributed by atoms with van der Waals surface area (Å²) in [4.78, 5) is 2.55. The lowest BCUT2D eigenvalue weighted by Gasteiger charge is -2.33. The van der Waals surface area contributed by atoms with Crippen molar-refractivity contribution in [1.82, 2.24) is 10.2 Å². The number of hydrogen-bond donors (Lipinski definition) is 1. The highest BCUT2D eigenvalue weighted by Gasteiger charge is 2.20. The summed E-state index contributed by atoms with van der Waals surface area (Å²) in [5.74, 6) is 0. The summed E-state index contributed by atoms with van der Waals surface area (Å²) in [7, 11) is 0. The molecule has 1 heterocycles. The van der Waals surface area contributed by atoms with E-state index < -0.39 is 0 Å². The van der Waals surface area contributed by atoms with Crippen molar-refractivity contribution in [3.05, 3.63) is 46.0 Å². The normalized spacial score (nSPS) is 18.5. The number of rotatable bonds is 5. The van der Waals surface area contributed by atoms with E-state index >= 15 is 0 Å². The quantitative estimate of drug-likeness (QED) is 0.784. The molecule has 1 aliphatic rings. The van der Waals surface area contributed by atoms with Gasteiger partial charge in [0.25, 0.3) is 0 Å². The van der Waals surface area contributed by atoms with Gasteiger partial charge in [-0.15, -0.1) is 0 Å². The van der Waals surface area contributed by atoms with Gasteiger partial charge in [0.1, 0.15) is 0 Å². The monoisotopic (exact) mass is 350 g/mol. The van der Waals surface area contributed by atoms with Crippen LogP contribution in [0, 0.1) is 0 Å². The third-order valence-electron chi connectivity index (χ3n) is 4.20. The molecular weight excluding hydrogens is 324 g/mol. The van der Waals surface area contributed by atoms with Crippen LogP contribution in [-0.4, -0.2) is 30.6 Å². The maximum atomic E-state index is 3.79. The first-order valence-corrected chi connectivity index (χ1v) is 8.71. The van der Waals surface area contributed by atoms with Crippen molar-refractivity contribution in [3.63, 3.8) is 0 Å². The number of allylic oxidation sites excluding steroid dienone is 1. The largest absolute Gasteiger partial charge is 0.307 e. The zero-order chi connectivity index (χ0) is 15.2. The molecule has 2 nitrogen and oxygen atoms in total. The molecule has 1 aliphatic heterocycles. The van der Waals surface area contributed by atoms with Crippen LogP contribution in [0.15, 0.2) is 40.4 Å². The van der Waals surface area contributed by atoms with Crippen molar-refractivity contribution in [2.45, 2.75) is 45.7 Å². The number of benzene rings is 1. The van der Waals surface area contributed by atoms with Crippen molar-refractivity contribution in [2.24, 2.45) is 0 Å². The van der Waals surface area contributed by atoms with Gasteiger partial charge in [-0.05, 0) is 58.3 Å². The van der Waals surface area contributed by atoms with Crippen LogP contribution in [0.25, 0.3) is 0 Å². The first-order valence-electron chi connectivity index (χ1n) is 7.92. The number of nitrogens with one attached hydrogen (secondary N) is 1. The molecule has 0 amide bonds. The van der Waals surface area contributed by atoms with Gasteiger partial charge in [0.2, 0.25) is 0 Å². The maximum Gasteiger partial charge on any atom is 0.0305 e. The van der Waals surface area contributed by atoms with Crippen LogP contribution in [0.4, 0.5) is 0 Å². The fourth-order valence-electron chi connectivity index (χ4n) is 2.86. The maximum absolute atomic E-state index is 3.79. The fraction of sp³-hybridized carbons (Fsp3) is 0.556. The zero-order valence-electron chi connectivity index (χ0n) is 13.4. The summed E-state index contributed by atoms with van der Waals surface area (Å²) in [5, 5.41) is 3.79. The van der Waals surface area contributed by atoms with Gasteiger partial charge in [-0.3, -0.25) is 4.90 Å². The number of hydrogen-bond acceptors (Lipinski definition) is 2. The minimum absolute atomic E-state index is 0.398. The second kappa shape index (κ2) is 8.11. The van der Waals surface area contributed by atoms with Gasteiger partial charge < -0.3 is 5.32 Å². The van der Waals surface area contributed by atoms with Crippen LogP contribution in [0.1, 0.15) is 45.2 Å². The highest BCUT2D eigenvalue weighted by molar-refractivity contribution is 9.10. The first kappa shape index (κ1) is 16.7. The van der Waals surface area contributed by atoms with Crippen LogP contribution in [-0.2, 0) is 0 Å². The third kappa shape index (κ3) is 5.24. The molecular formula is C18H27BrN2. The Balaban J connectivity index is 1.81. The standard InChI is InChI=1S/C18H27BrN2/c1-14(2)8-11-21-12-9-16(10-13-21)20-15(3)17-6-4-5-7-18(17)19/h4-8,15-16,20H,9-13H2,1-3H3. The second-order valence-corrected chi connectivity index (χ2v) is 7.12. The predicted molar refractivity (Wildman–Crippen MR) is 94.6 cm³/mol. The number of halogens is 1. The highest BCUT2D eigenvalue weighted by Crippen LogP contribution is 2.24. The van der Waals surface area contributed by atoms with Crippen molar-refractivity contribution in [1.29, 1.82) is 0 Å². The Morgan fingerprint density at radius 2 is 2.00 bits per heavy atom. The summed E-state index contributed by atoms with van der Waals surface area (Å²) in [6.45, 7) is 10.1. The van der Waals surface area contributed by atoms with E-state index in [0.29, 0.717) is 12.1 Å². The van der Waals surface area contributed by atoms with E-state index in [1.54, 1.807) is 0 Å². The van der Waals surface area contributed by atoms with Crippen molar-refractivity contribution < 1.29 is 0 Å². The molecule has 1 N–H and O–H groups in total. The first-order chi connectivity index (χ1) is 10.1. The summed E-state index contributed by atoms with van der Waals surface area (Å²) in [6.07, 6.45) is 4.81. The minimum atomic E-state index is 0.398. The summed E-state index contributed by atoms with van der Waals surface area (Å²) in [5.41, 5.74) is 2.77. The highest BCUT2D eigenvalue weighted by atomic mass is 79.9. The van der Waals surface area contributed by atoms with Crippen molar-refractivity contribution in [2.75, 3.05) is 19.6 Å². The van der Waals surface area contributed by atoms with Gasteiger partial charge >= 0.3 is 0 Å². The van der Waals surface area contributed by atoms with E-state index in [1.165, 1.54) is 41.5 Å².